The molecule has 0 saturated heterocycles. The SMILES string of the molecule is O=C(/C=C/c1ccc(Cl)cc1)NCCOc1cccc2ccccc12. The van der Waals surface area contributed by atoms with E-state index in [4.69, 9.17) is 16.3 Å². The van der Waals surface area contributed by atoms with E-state index in [1.54, 1.807) is 18.2 Å². The predicted octanol–water partition coefficient (Wildman–Crippen LogP) is 4.70. The highest BCUT2D eigenvalue weighted by Crippen LogP contribution is 2.24. The van der Waals surface area contributed by atoms with Crippen molar-refractivity contribution in [3.8, 4) is 5.75 Å². The molecule has 3 aromatic carbocycles. The summed E-state index contributed by atoms with van der Waals surface area (Å²) < 4.78 is 5.79. The van der Waals surface area contributed by atoms with Crippen molar-refractivity contribution in [2.24, 2.45) is 0 Å². The number of carbonyl (C=O) groups excluding carboxylic acids is 1. The molecule has 0 fully saturated rings. The Labute approximate surface area is 151 Å². The molecule has 0 bridgehead atoms. The Bertz CT molecular complexity index is 883. The van der Waals surface area contributed by atoms with Gasteiger partial charge < -0.3 is 10.1 Å². The number of benzene rings is 3. The molecule has 0 unspecified atom stereocenters. The summed E-state index contributed by atoms with van der Waals surface area (Å²) in [6.45, 7) is 0.849. The first-order valence-corrected chi connectivity index (χ1v) is 8.42. The van der Waals surface area contributed by atoms with Crippen LogP contribution in [0.3, 0.4) is 0 Å². The summed E-state index contributed by atoms with van der Waals surface area (Å²) in [7, 11) is 0. The molecule has 3 rings (SSSR count). The minimum Gasteiger partial charge on any atom is -0.491 e. The van der Waals surface area contributed by atoms with E-state index in [9.17, 15) is 4.79 Å². The van der Waals surface area contributed by atoms with Gasteiger partial charge in [-0.15, -0.1) is 0 Å². The molecule has 4 heteroatoms. The second-order valence-electron chi connectivity index (χ2n) is 5.50. The summed E-state index contributed by atoms with van der Waals surface area (Å²) in [6, 6.07) is 21.3. The second kappa shape index (κ2) is 8.36. The first-order valence-electron chi connectivity index (χ1n) is 8.04. The summed E-state index contributed by atoms with van der Waals surface area (Å²) in [4.78, 5) is 11.8. The van der Waals surface area contributed by atoms with Crippen LogP contribution in [0.15, 0.2) is 72.8 Å². The van der Waals surface area contributed by atoms with Crippen molar-refractivity contribution in [1.29, 1.82) is 0 Å². The maximum atomic E-state index is 11.8. The van der Waals surface area contributed by atoms with E-state index in [-0.39, 0.29) is 5.91 Å². The van der Waals surface area contributed by atoms with E-state index < -0.39 is 0 Å². The van der Waals surface area contributed by atoms with Gasteiger partial charge >= 0.3 is 0 Å². The Morgan fingerprint density at radius 3 is 2.60 bits per heavy atom. The van der Waals surface area contributed by atoms with Crippen molar-refractivity contribution in [3.63, 3.8) is 0 Å². The lowest BCUT2D eigenvalue weighted by Crippen LogP contribution is -2.26. The van der Waals surface area contributed by atoms with Gasteiger partial charge in [-0.1, -0.05) is 60.1 Å². The smallest absolute Gasteiger partial charge is 0.244 e. The third-order valence-electron chi connectivity index (χ3n) is 3.71. The van der Waals surface area contributed by atoms with Gasteiger partial charge in [0.05, 0.1) is 6.54 Å². The zero-order valence-electron chi connectivity index (χ0n) is 13.6. The fourth-order valence-corrected chi connectivity index (χ4v) is 2.59. The summed E-state index contributed by atoms with van der Waals surface area (Å²) in [5.41, 5.74) is 0.923. The fraction of sp³-hybridized carbons (Fsp3) is 0.0952. The Hall–Kier alpha value is -2.78. The maximum absolute atomic E-state index is 11.8. The number of amides is 1. The van der Waals surface area contributed by atoms with Crippen LogP contribution in [0, 0.1) is 0 Å². The van der Waals surface area contributed by atoms with Crippen molar-refractivity contribution < 1.29 is 9.53 Å². The topological polar surface area (TPSA) is 38.3 Å². The van der Waals surface area contributed by atoms with Crippen molar-refractivity contribution in [2.75, 3.05) is 13.2 Å². The van der Waals surface area contributed by atoms with Crippen LogP contribution in [0.2, 0.25) is 5.02 Å². The van der Waals surface area contributed by atoms with Gasteiger partial charge in [-0.05, 0) is 35.2 Å². The van der Waals surface area contributed by atoms with Gasteiger partial charge in [0.15, 0.2) is 0 Å². The number of halogens is 1. The average molecular weight is 352 g/mol. The third-order valence-corrected chi connectivity index (χ3v) is 3.96. The number of carbonyl (C=O) groups is 1. The van der Waals surface area contributed by atoms with Crippen molar-refractivity contribution in [1.82, 2.24) is 5.32 Å². The Kier molecular flexibility index (Phi) is 5.70. The van der Waals surface area contributed by atoms with Crippen LogP contribution in [0.4, 0.5) is 0 Å². The molecule has 0 heterocycles. The number of rotatable bonds is 6. The van der Waals surface area contributed by atoms with E-state index in [2.05, 4.69) is 5.32 Å². The highest BCUT2D eigenvalue weighted by Gasteiger charge is 2.01. The maximum Gasteiger partial charge on any atom is 0.244 e. The molecule has 0 aliphatic carbocycles. The average Bonchev–Trinajstić information content (AvgIpc) is 2.65. The van der Waals surface area contributed by atoms with Crippen LogP contribution in [0.25, 0.3) is 16.8 Å². The zero-order valence-corrected chi connectivity index (χ0v) is 14.4. The quantitative estimate of drug-likeness (QED) is 0.516. The van der Waals surface area contributed by atoms with Crippen LogP contribution < -0.4 is 10.1 Å². The molecular weight excluding hydrogens is 334 g/mol. The van der Waals surface area contributed by atoms with Crippen LogP contribution in [0.1, 0.15) is 5.56 Å². The Morgan fingerprint density at radius 1 is 1.00 bits per heavy atom. The molecular formula is C21H18ClNO2. The van der Waals surface area contributed by atoms with E-state index >= 15 is 0 Å². The predicted molar refractivity (Wildman–Crippen MR) is 103 cm³/mol. The molecule has 3 aromatic rings. The van der Waals surface area contributed by atoms with Crippen LogP contribution in [0.5, 0.6) is 5.75 Å². The Balaban J connectivity index is 1.48. The molecule has 0 atom stereocenters. The van der Waals surface area contributed by atoms with Gasteiger partial charge in [-0.2, -0.15) is 0 Å². The van der Waals surface area contributed by atoms with E-state index in [0.717, 1.165) is 22.1 Å². The minimum atomic E-state index is -0.156. The molecule has 1 amide bonds. The lowest BCUT2D eigenvalue weighted by Gasteiger charge is -2.09. The standard InChI is InChI=1S/C21H18ClNO2/c22-18-11-8-16(9-12-18)10-13-21(24)23-14-15-25-20-7-3-5-17-4-1-2-6-19(17)20/h1-13H,14-15H2,(H,23,24)/b13-10+. The highest BCUT2D eigenvalue weighted by molar-refractivity contribution is 6.30. The molecule has 126 valence electrons. The normalized spacial score (nSPS) is 10.9. The molecule has 0 radical (unpaired) electrons. The minimum absolute atomic E-state index is 0.156. The fourth-order valence-electron chi connectivity index (χ4n) is 2.46. The zero-order chi connectivity index (χ0) is 17.5. The number of fused-ring (bicyclic) bond motifs is 1. The molecule has 0 aliphatic rings. The summed E-state index contributed by atoms with van der Waals surface area (Å²) in [5.74, 6) is 0.667. The monoisotopic (exact) mass is 351 g/mol. The van der Waals surface area contributed by atoms with Crippen molar-refractivity contribution in [3.05, 3.63) is 83.4 Å². The molecule has 0 aliphatic heterocycles. The number of nitrogens with one attached hydrogen (secondary N) is 1. The van der Waals surface area contributed by atoms with E-state index in [1.165, 1.54) is 6.08 Å². The molecule has 0 aromatic heterocycles. The van der Waals surface area contributed by atoms with E-state index in [1.807, 2.05) is 54.6 Å². The van der Waals surface area contributed by atoms with Gasteiger partial charge in [0.1, 0.15) is 12.4 Å². The third kappa shape index (κ3) is 4.85. The molecule has 1 N–H and O–H groups in total. The largest absolute Gasteiger partial charge is 0.491 e. The van der Waals surface area contributed by atoms with E-state index in [0.29, 0.717) is 18.2 Å². The summed E-state index contributed by atoms with van der Waals surface area (Å²) in [5, 5.41) is 5.68. The second-order valence-corrected chi connectivity index (χ2v) is 5.94. The highest BCUT2D eigenvalue weighted by atomic mass is 35.5. The lowest BCUT2D eigenvalue weighted by atomic mass is 10.1. The van der Waals surface area contributed by atoms with Gasteiger partial charge in [0, 0.05) is 16.5 Å². The number of hydrogen-bond acceptors (Lipinski definition) is 2. The summed E-state index contributed by atoms with van der Waals surface area (Å²) in [6.07, 6.45) is 3.25. The molecule has 0 spiro atoms. The lowest BCUT2D eigenvalue weighted by molar-refractivity contribution is -0.116. The van der Waals surface area contributed by atoms with Gasteiger partial charge in [0.2, 0.25) is 5.91 Å². The first-order chi connectivity index (χ1) is 12.2. The molecule has 25 heavy (non-hydrogen) atoms. The van der Waals surface area contributed by atoms with Crippen LogP contribution in [-0.2, 0) is 4.79 Å². The summed E-state index contributed by atoms with van der Waals surface area (Å²) >= 11 is 5.83. The Morgan fingerprint density at radius 2 is 1.76 bits per heavy atom. The van der Waals surface area contributed by atoms with Crippen LogP contribution in [-0.4, -0.2) is 19.1 Å². The van der Waals surface area contributed by atoms with Gasteiger partial charge in [-0.25, -0.2) is 0 Å². The van der Waals surface area contributed by atoms with Crippen molar-refractivity contribution in [2.45, 2.75) is 0 Å². The van der Waals surface area contributed by atoms with Gasteiger partial charge in [-0.3, -0.25) is 4.79 Å². The first kappa shape index (κ1) is 17.1. The molecule has 0 saturated carbocycles. The van der Waals surface area contributed by atoms with Crippen LogP contribution >= 0.6 is 11.6 Å². The number of hydrogen-bond donors (Lipinski definition) is 1. The van der Waals surface area contributed by atoms with Gasteiger partial charge in [0.25, 0.3) is 0 Å². The molecule has 3 nitrogen and oxygen atoms in total. The van der Waals surface area contributed by atoms with Crippen molar-refractivity contribution >= 4 is 34.4 Å². The number of ether oxygens (including phenoxy) is 1.